The smallest absolute Gasteiger partial charge is 0.257 e. The van der Waals surface area contributed by atoms with Crippen LogP contribution in [0.5, 0.6) is 11.5 Å². The average Bonchev–Trinajstić information content (AvgIpc) is 2.76. The first-order valence-electron chi connectivity index (χ1n) is 9.42. The number of nitrogens with zero attached hydrogens (tertiary/aromatic N) is 1. The van der Waals surface area contributed by atoms with Gasteiger partial charge in [-0.2, -0.15) is 0 Å². The van der Waals surface area contributed by atoms with Gasteiger partial charge in [-0.15, -0.1) is 0 Å². The molecule has 4 rings (SSSR count). The van der Waals surface area contributed by atoms with E-state index in [4.69, 9.17) is 9.47 Å². The van der Waals surface area contributed by atoms with E-state index in [9.17, 15) is 9.59 Å². The number of thioether (sulfide) groups is 1. The predicted molar refractivity (Wildman–Crippen MR) is 115 cm³/mol. The molecule has 2 aromatic carbocycles. The lowest BCUT2D eigenvalue weighted by atomic mass is 9.86. The number of nitrogens with one attached hydrogen (secondary N) is 2. The number of aromatic amines is 1. The summed E-state index contributed by atoms with van der Waals surface area (Å²) in [4.78, 5) is 32.8. The summed E-state index contributed by atoms with van der Waals surface area (Å²) in [5, 5.41) is 3.21. The van der Waals surface area contributed by atoms with Gasteiger partial charge in [-0.1, -0.05) is 54.2 Å². The third-order valence-corrected chi connectivity index (χ3v) is 5.90. The fraction of sp³-hybridized carbons (Fsp3) is 0.227. The molecule has 0 fully saturated rings. The van der Waals surface area contributed by atoms with Gasteiger partial charge in [-0.3, -0.25) is 9.59 Å². The second kappa shape index (κ2) is 8.62. The van der Waals surface area contributed by atoms with Gasteiger partial charge in [0, 0.05) is 23.7 Å². The standard InChI is InChI=1S/C22H21N3O4S/c1-28-16-10-6-9-14(19(16)29-2)15-11-17(26)23-20-18(15)21(27)25-22(24-20)30-12-13-7-4-3-5-8-13/h3-10,15H,11-12H2,1-2H3,(H2,23,24,25,26,27). The van der Waals surface area contributed by atoms with Gasteiger partial charge in [0.05, 0.1) is 19.8 Å². The van der Waals surface area contributed by atoms with Gasteiger partial charge in [0.2, 0.25) is 5.91 Å². The number of ether oxygens (including phenoxy) is 2. The third-order valence-electron chi connectivity index (χ3n) is 4.96. The molecule has 154 valence electrons. The number of hydrogen-bond donors (Lipinski definition) is 2. The van der Waals surface area contributed by atoms with Crippen LogP contribution in [0.3, 0.4) is 0 Å². The van der Waals surface area contributed by atoms with E-state index in [1.54, 1.807) is 13.2 Å². The van der Waals surface area contributed by atoms with Crippen molar-refractivity contribution in [3.63, 3.8) is 0 Å². The Kier molecular flexibility index (Phi) is 5.76. The van der Waals surface area contributed by atoms with E-state index in [1.165, 1.54) is 18.9 Å². The number of para-hydroxylation sites is 1. The molecule has 0 saturated carbocycles. The Morgan fingerprint density at radius 2 is 1.87 bits per heavy atom. The molecule has 0 spiro atoms. The Balaban J connectivity index is 1.72. The first-order valence-corrected chi connectivity index (χ1v) is 10.4. The largest absolute Gasteiger partial charge is 0.493 e. The number of amides is 1. The second-order valence-electron chi connectivity index (χ2n) is 6.80. The SMILES string of the molecule is COc1cccc(C2CC(=O)Nc3nc(SCc4ccccc4)[nH]c(=O)c32)c1OC. The maximum absolute atomic E-state index is 13.0. The number of benzene rings is 2. The number of fused-ring (bicyclic) bond motifs is 1. The molecule has 1 unspecified atom stereocenters. The van der Waals surface area contributed by atoms with Crippen molar-refractivity contribution < 1.29 is 14.3 Å². The van der Waals surface area contributed by atoms with Crippen molar-refractivity contribution in [2.24, 2.45) is 0 Å². The van der Waals surface area contributed by atoms with Crippen molar-refractivity contribution in [1.82, 2.24) is 9.97 Å². The molecule has 1 aliphatic heterocycles. The lowest BCUT2D eigenvalue weighted by Gasteiger charge is -2.26. The number of H-pyrrole nitrogens is 1. The number of carbonyl (C=O) groups is 1. The van der Waals surface area contributed by atoms with E-state index in [0.717, 1.165) is 5.56 Å². The Morgan fingerprint density at radius 3 is 2.60 bits per heavy atom. The maximum atomic E-state index is 13.0. The van der Waals surface area contributed by atoms with Gasteiger partial charge in [-0.05, 0) is 11.6 Å². The van der Waals surface area contributed by atoms with E-state index >= 15 is 0 Å². The molecule has 2 N–H and O–H groups in total. The minimum absolute atomic E-state index is 0.123. The highest BCUT2D eigenvalue weighted by Crippen LogP contribution is 2.42. The number of rotatable bonds is 6. The monoisotopic (exact) mass is 423 g/mol. The summed E-state index contributed by atoms with van der Waals surface area (Å²) in [5.41, 5.74) is 1.98. The molecular weight excluding hydrogens is 402 g/mol. The molecule has 2 heterocycles. The average molecular weight is 423 g/mol. The minimum Gasteiger partial charge on any atom is -0.493 e. The van der Waals surface area contributed by atoms with Crippen LogP contribution in [0.25, 0.3) is 0 Å². The quantitative estimate of drug-likeness (QED) is 0.465. The summed E-state index contributed by atoms with van der Waals surface area (Å²) in [6, 6.07) is 15.3. The first kappa shape index (κ1) is 20.0. The van der Waals surface area contributed by atoms with Crippen molar-refractivity contribution >= 4 is 23.5 Å². The van der Waals surface area contributed by atoms with Crippen molar-refractivity contribution in [2.45, 2.75) is 23.2 Å². The Bertz CT molecular complexity index is 1130. The number of carbonyl (C=O) groups excluding carboxylic acids is 1. The van der Waals surface area contributed by atoms with Crippen LogP contribution in [0.1, 0.15) is 29.0 Å². The van der Waals surface area contributed by atoms with E-state index in [-0.39, 0.29) is 17.9 Å². The molecule has 1 amide bonds. The van der Waals surface area contributed by atoms with Gasteiger partial charge in [0.15, 0.2) is 16.7 Å². The van der Waals surface area contributed by atoms with Crippen LogP contribution in [0, 0.1) is 0 Å². The zero-order chi connectivity index (χ0) is 21.1. The van der Waals surface area contributed by atoms with Crippen molar-refractivity contribution in [3.8, 4) is 11.5 Å². The number of anilines is 1. The molecule has 0 radical (unpaired) electrons. The first-order chi connectivity index (χ1) is 14.6. The Morgan fingerprint density at radius 1 is 1.07 bits per heavy atom. The van der Waals surface area contributed by atoms with Crippen molar-refractivity contribution in [2.75, 3.05) is 19.5 Å². The molecule has 7 nitrogen and oxygen atoms in total. The summed E-state index contributed by atoms with van der Waals surface area (Å²) < 4.78 is 10.9. The Hall–Kier alpha value is -3.26. The molecule has 0 bridgehead atoms. The summed E-state index contributed by atoms with van der Waals surface area (Å²) >= 11 is 1.41. The topological polar surface area (TPSA) is 93.3 Å². The molecule has 0 saturated heterocycles. The van der Waals surface area contributed by atoms with E-state index in [1.807, 2.05) is 42.5 Å². The Labute approximate surface area is 177 Å². The molecular formula is C22H21N3O4S. The van der Waals surface area contributed by atoms with Gasteiger partial charge in [0.25, 0.3) is 5.56 Å². The van der Waals surface area contributed by atoms with Crippen LogP contribution < -0.4 is 20.3 Å². The van der Waals surface area contributed by atoms with E-state index in [0.29, 0.717) is 39.4 Å². The maximum Gasteiger partial charge on any atom is 0.257 e. The van der Waals surface area contributed by atoms with Crippen molar-refractivity contribution in [3.05, 3.63) is 75.6 Å². The molecule has 1 aromatic heterocycles. The molecule has 0 aliphatic carbocycles. The lowest BCUT2D eigenvalue weighted by Crippen LogP contribution is -2.31. The molecule has 1 atom stereocenters. The van der Waals surface area contributed by atoms with Crippen molar-refractivity contribution in [1.29, 1.82) is 0 Å². The van der Waals surface area contributed by atoms with E-state index < -0.39 is 5.92 Å². The normalized spacial score (nSPS) is 15.3. The van der Waals surface area contributed by atoms with E-state index in [2.05, 4.69) is 15.3 Å². The molecule has 1 aliphatic rings. The van der Waals surface area contributed by atoms with Gasteiger partial charge in [0.1, 0.15) is 5.82 Å². The van der Waals surface area contributed by atoms with Gasteiger partial charge in [-0.25, -0.2) is 4.98 Å². The number of hydrogen-bond acceptors (Lipinski definition) is 6. The fourth-order valence-electron chi connectivity index (χ4n) is 3.60. The minimum atomic E-state index is -0.483. The predicted octanol–water partition coefficient (Wildman–Crippen LogP) is 3.55. The third kappa shape index (κ3) is 3.91. The summed E-state index contributed by atoms with van der Waals surface area (Å²) in [6.07, 6.45) is 0.123. The van der Waals surface area contributed by atoms with Gasteiger partial charge < -0.3 is 19.8 Å². The van der Waals surface area contributed by atoms with Crippen LogP contribution in [-0.2, 0) is 10.5 Å². The summed E-state index contributed by atoms with van der Waals surface area (Å²) in [7, 11) is 3.09. The highest BCUT2D eigenvalue weighted by atomic mass is 32.2. The highest BCUT2D eigenvalue weighted by molar-refractivity contribution is 7.98. The molecule has 8 heteroatoms. The number of methoxy groups -OCH3 is 2. The molecule has 3 aromatic rings. The summed E-state index contributed by atoms with van der Waals surface area (Å²) in [6.45, 7) is 0. The van der Waals surface area contributed by atoms with Crippen LogP contribution >= 0.6 is 11.8 Å². The highest BCUT2D eigenvalue weighted by Gasteiger charge is 2.33. The zero-order valence-corrected chi connectivity index (χ0v) is 17.4. The zero-order valence-electron chi connectivity index (χ0n) is 16.6. The van der Waals surface area contributed by atoms with Crippen LogP contribution in [0.15, 0.2) is 58.5 Å². The fourth-order valence-corrected chi connectivity index (χ4v) is 4.41. The lowest BCUT2D eigenvalue weighted by molar-refractivity contribution is -0.116. The second-order valence-corrected chi connectivity index (χ2v) is 7.76. The van der Waals surface area contributed by atoms with Crippen LogP contribution in [-0.4, -0.2) is 30.1 Å². The van der Waals surface area contributed by atoms with Crippen LogP contribution in [0.4, 0.5) is 5.82 Å². The summed E-state index contributed by atoms with van der Waals surface area (Å²) in [5.74, 6) is 1.32. The molecule has 30 heavy (non-hydrogen) atoms. The number of aromatic nitrogens is 2. The van der Waals surface area contributed by atoms with Gasteiger partial charge >= 0.3 is 0 Å². The van der Waals surface area contributed by atoms with Crippen LogP contribution in [0.2, 0.25) is 0 Å².